The Hall–Kier alpha value is -1.14. The summed E-state index contributed by atoms with van der Waals surface area (Å²) in [4.78, 5) is 2.35. The van der Waals surface area contributed by atoms with E-state index in [-0.39, 0.29) is 6.10 Å². The number of aliphatic hydroxyl groups excluding tert-OH is 1. The largest absolute Gasteiger partial charge is 0.393 e. The predicted octanol–water partition coefficient (Wildman–Crippen LogP) is 2.49. The third-order valence-corrected chi connectivity index (χ3v) is 5.25. The maximum atomic E-state index is 9.62. The molecule has 0 radical (unpaired) electrons. The summed E-state index contributed by atoms with van der Waals surface area (Å²) in [5.41, 5.74) is 2.54. The zero-order chi connectivity index (χ0) is 17.5. The van der Waals surface area contributed by atoms with Crippen molar-refractivity contribution in [1.29, 1.82) is 0 Å². The molecule has 2 saturated heterocycles. The average Bonchev–Trinajstić information content (AvgIpc) is 3.15. The van der Waals surface area contributed by atoms with Gasteiger partial charge in [-0.2, -0.15) is 0 Å². The lowest BCUT2D eigenvalue weighted by atomic mass is 10.0. The fourth-order valence-electron chi connectivity index (χ4n) is 3.55. The van der Waals surface area contributed by atoms with Gasteiger partial charge in [0.2, 0.25) is 0 Å². The molecule has 1 aromatic rings. The van der Waals surface area contributed by atoms with Crippen molar-refractivity contribution in [3.63, 3.8) is 0 Å². The first-order valence-corrected chi connectivity index (χ1v) is 9.68. The Morgan fingerprint density at radius 2 is 2.00 bits per heavy atom. The molecule has 0 aliphatic carbocycles. The van der Waals surface area contributed by atoms with Gasteiger partial charge in [-0.3, -0.25) is 0 Å². The molecule has 0 aromatic heterocycles. The van der Waals surface area contributed by atoms with Gasteiger partial charge in [0.25, 0.3) is 0 Å². The second-order valence-corrected chi connectivity index (χ2v) is 7.20. The van der Waals surface area contributed by atoms with E-state index < -0.39 is 0 Å². The van der Waals surface area contributed by atoms with Crippen LogP contribution in [0.4, 0.5) is 5.69 Å². The van der Waals surface area contributed by atoms with Crippen LogP contribution in [-0.2, 0) is 9.47 Å². The van der Waals surface area contributed by atoms with Gasteiger partial charge >= 0.3 is 0 Å². The van der Waals surface area contributed by atoms with Gasteiger partial charge in [-0.15, -0.1) is 0 Å². The van der Waals surface area contributed by atoms with Gasteiger partial charge < -0.3 is 24.8 Å². The summed E-state index contributed by atoms with van der Waals surface area (Å²) in [6.45, 7) is 7.24. The molecule has 25 heavy (non-hydrogen) atoms. The molecule has 140 valence electrons. The molecular formula is C20H32N2O3. The average molecular weight is 348 g/mol. The van der Waals surface area contributed by atoms with Crippen LogP contribution in [0.3, 0.4) is 0 Å². The van der Waals surface area contributed by atoms with Gasteiger partial charge in [-0.05, 0) is 50.3 Å². The zero-order valence-electron chi connectivity index (χ0n) is 15.3. The molecule has 5 heteroatoms. The minimum Gasteiger partial charge on any atom is -0.393 e. The highest BCUT2D eigenvalue weighted by molar-refractivity contribution is 5.48. The molecule has 0 bridgehead atoms. The van der Waals surface area contributed by atoms with Crippen LogP contribution in [0.5, 0.6) is 0 Å². The van der Waals surface area contributed by atoms with Crippen molar-refractivity contribution in [3.05, 3.63) is 29.8 Å². The van der Waals surface area contributed by atoms with Crippen LogP contribution in [-0.4, -0.2) is 56.8 Å². The first kappa shape index (κ1) is 18.6. The van der Waals surface area contributed by atoms with Crippen LogP contribution in [0, 0.1) is 0 Å². The van der Waals surface area contributed by atoms with Gasteiger partial charge in [0.05, 0.1) is 25.4 Å². The molecule has 5 nitrogen and oxygen atoms in total. The van der Waals surface area contributed by atoms with Crippen LogP contribution in [0.25, 0.3) is 0 Å². The summed E-state index contributed by atoms with van der Waals surface area (Å²) in [7, 11) is 0. The minimum atomic E-state index is -0.123. The van der Waals surface area contributed by atoms with E-state index in [0.29, 0.717) is 12.1 Å². The number of ether oxygens (including phenoxy) is 2. The van der Waals surface area contributed by atoms with E-state index in [1.807, 2.05) is 0 Å². The summed E-state index contributed by atoms with van der Waals surface area (Å²) in [6, 6.07) is 9.10. The predicted molar refractivity (Wildman–Crippen MR) is 100 cm³/mol. The summed E-state index contributed by atoms with van der Waals surface area (Å²) in [5, 5.41) is 13.1. The molecule has 2 aliphatic heterocycles. The van der Waals surface area contributed by atoms with Crippen molar-refractivity contribution >= 4 is 5.69 Å². The number of benzene rings is 1. The number of nitrogens with one attached hydrogen (secondary N) is 1. The Bertz CT molecular complexity index is 494. The Kier molecular flexibility index (Phi) is 7.11. The molecule has 3 rings (SSSR count). The molecule has 0 saturated carbocycles. The van der Waals surface area contributed by atoms with Crippen LogP contribution < -0.4 is 10.2 Å². The Morgan fingerprint density at radius 1 is 1.24 bits per heavy atom. The molecule has 1 aromatic carbocycles. The fourth-order valence-corrected chi connectivity index (χ4v) is 3.55. The van der Waals surface area contributed by atoms with E-state index in [1.54, 1.807) is 0 Å². The zero-order valence-corrected chi connectivity index (χ0v) is 15.3. The first-order chi connectivity index (χ1) is 12.2. The lowest BCUT2D eigenvalue weighted by Gasteiger charge is -2.31. The molecule has 2 aliphatic rings. The number of anilines is 1. The monoisotopic (exact) mass is 348 g/mol. The summed E-state index contributed by atoms with van der Waals surface area (Å²) < 4.78 is 11.3. The summed E-state index contributed by atoms with van der Waals surface area (Å²) in [5.74, 6) is 0. The van der Waals surface area contributed by atoms with Gasteiger partial charge in [-0.1, -0.05) is 12.1 Å². The number of aliphatic hydroxyl groups is 1. The Balaban J connectivity index is 1.36. The van der Waals surface area contributed by atoms with Crippen molar-refractivity contribution < 1.29 is 14.6 Å². The molecule has 2 unspecified atom stereocenters. The number of hydrogen-bond acceptors (Lipinski definition) is 5. The third-order valence-electron chi connectivity index (χ3n) is 5.25. The molecule has 0 amide bonds. The lowest BCUT2D eigenvalue weighted by Crippen LogP contribution is -2.35. The first-order valence-electron chi connectivity index (χ1n) is 9.68. The fraction of sp³-hybridized carbons (Fsp3) is 0.700. The second-order valence-electron chi connectivity index (χ2n) is 7.20. The van der Waals surface area contributed by atoms with Crippen molar-refractivity contribution in [2.75, 3.05) is 44.4 Å². The van der Waals surface area contributed by atoms with E-state index in [0.717, 1.165) is 65.1 Å². The maximum absolute atomic E-state index is 9.62. The van der Waals surface area contributed by atoms with Crippen molar-refractivity contribution in [3.8, 4) is 0 Å². The number of hydrogen-bond donors (Lipinski definition) is 2. The van der Waals surface area contributed by atoms with Gasteiger partial charge in [-0.25, -0.2) is 0 Å². The molecule has 2 atom stereocenters. The van der Waals surface area contributed by atoms with Gasteiger partial charge in [0.1, 0.15) is 0 Å². The highest BCUT2D eigenvalue weighted by Gasteiger charge is 2.17. The van der Waals surface area contributed by atoms with Crippen LogP contribution in [0.15, 0.2) is 24.3 Å². The second kappa shape index (κ2) is 9.53. The third kappa shape index (κ3) is 5.68. The van der Waals surface area contributed by atoms with Crippen molar-refractivity contribution in [2.24, 2.45) is 0 Å². The molecule has 2 fully saturated rings. The van der Waals surface area contributed by atoms with E-state index in [4.69, 9.17) is 9.47 Å². The van der Waals surface area contributed by atoms with Crippen molar-refractivity contribution in [2.45, 2.75) is 50.9 Å². The van der Waals surface area contributed by atoms with Gasteiger partial charge in [0, 0.05) is 38.0 Å². The topological polar surface area (TPSA) is 54.0 Å². The lowest BCUT2D eigenvalue weighted by molar-refractivity contribution is 0.0179. The van der Waals surface area contributed by atoms with Crippen molar-refractivity contribution in [1.82, 2.24) is 5.32 Å². The standard InChI is InChI=1S/C20H32N2O3/c1-16(21-10-14-24-15-20-3-2-13-25-20)17-4-6-18(7-5-17)22-11-8-19(23)9-12-22/h4-7,16,19-21,23H,2-3,8-15H2,1H3. The highest BCUT2D eigenvalue weighted by atomic mass is 16.5. The van der Waals surface area contributed by atoms with E-state index >= 15 is 0 Å². The van der Waals surface area contributed by atoms with Crippen LogP contribution in [0.2, 0.25) is 0 Å². The Morgan fingerprint density at radius 3 is 2.68 bits per heavy atom. The maximum Gasteiger partial charge on any atom is 0.0809 e. The van der Waals surface area contributed by atoms with Crippen LogP contribution >= 0.6 is 0 Å². The molecule has 0 spiro atoms. The minimum absolute atomic E-state index is 0.123. The quantitative estimate of drug-likeness (QED) is 0.707. The highest BCUT2D eigenvalue weighted by Crippen LogP contribution is 2.22. The number of rotatable bonds is 8. The Labute approximate surface area is 151 Å². The SMILES string of the molecule is CC(NCCOCC1CCCO1)c1ccc(N2CCC(O)CC2)cc1. The van der Waals surface area contributed by atoms with Crippen LogP contribution in [0.1, 0.15) is 44.2 Å². The molecule has 2 N–H and O–H groups in total. The summed E-state index contributed by atoms with van der Waals surface area (Å²) in [6.07, 6.45) is 4.21. The van der Waals surface area contributed by atoms with Gasteiger partial charge in [0.15, 0.2) is 0 Å². The number of nitrogens with zero attached hydrogens (tertiary/aromatic N) is 1. The van der Waals surface area contributed by atoms with E-state index in [1.165, 1.54) is 11.3 Å². The molecule has 2 heterocycles. The summed E-state index contributed by atoms with van der Waals surface area (Å²) >= 11 is 0. The normalized spacial score (nSPS) is 23.1. The smallest absolute Gasteiger partial charge is 0.0809 e. The number of piperidine rings is 1. The van der Waals surface area contributed by atoms with E-state index in [2.05, 4.69) is 41.4 Å². The van der Waals surface area contributed by atoms with E-state index in [9.17, 15) is 5.11 Å². The molecular weight excluding hydrogens is 316 g/mol.